The van der Waals surface area contributed by atoms with Gasteiger partial charge in [0.25, 0.3) is 5.91 Å². The molecular formula is C12H14N4O. The lowest BCUT2D eigenvalue weighted by molar-refractivity contribution is 0.0664. The third-order valence-electron chi connectivity index (χ3n) is 2.91. The van der Waals surface area contributed by atoms with E-state index in [0.29, 0.717) is 12.2 Å². The molecule has 1 amide bonds. The van der Waals surface area contributed by atoms with Gasteiger partial charge in [-0.3, -0.25) is 9.78 Å². The number of aromatic nitrogens is 2. The summed E-state index contributed by atoms with van der Waals surface area (Å²) in [5.74, 6) is -0.191. The van der Waals surface area contributed by atoms with Crippen molar-refractivity contribution in [3.05, 3.63) is 23.8 Å². The van der Waals surface area contributed by atoms with E-state index in [0.717, 1.165) is 25.0 Å². The van der Waals surface area contributed by atoms with E-state index in [1.807, 2.05) is 6.92 Å². The molecule has 1 atom stereocenters. The zero-order valence-electron chi connectivity index (χ0n) is 9.76. The number of amides is 1. The van der Waals surface area contributed by atoms with Crippen LogP contribution < -0.4 is 0 Å². The second-order valence-corrected chi connectivity index (χ2v) is 4.18. The van der Waals surface area contributed by atoms with E-state index >= 15 is 0 Å². The molecule has 0 radical (unpaired) electrons. The summed E-state index contributed by atoms with van der Waals surface area (Å²) in [4.78, 5) is 21.9. The maximum Gasteiger partial charge on any atom is 0.275 e. The number of aryl methyl sites for hydroxylation is 1. The Morgan fingerprint density at radius 3 is 2.94 bits per heavy atom. The number of hydrogen-bond acceptors (Lipinski definition) is 4. The summed E-state index contributed by atoms with van der Waals surface area (Å²) in [6.07, 6.45) is 5.74. The van der Waals surface area contributed by atoms with Crippen molar-refractivity contribution in [2.45, 2.75) is 32.2 Å². The van der Waals surface area contributed by atoms with Crippen LogP contribution in [0.3, 0.4) is 0 Å². The number of rotatable bonds is 1. The van der Waals surface area contributed by atoms with Crippen LogP contribution in [0.2, 0.25) is 0 Å². The largest absolute Gasteiger partial charge is 0.321 e. The predicted molar refractivity (Wildman–Crippen MR) is 61.1 cm³/mol. The molecule has 1 fully saturated rings. The van der Waals surface area contributed by atoms with Gasteiger partial charge in [0, 0.05) is 12.7 Å². The first-order valence-electron chi connectivity index (χ1n) is 5.71. The smallest absolute Gasteiger partial charge is 0.275 e. The highest BCUT2D eigenvalue weighted by atomic mass is 16.2. The van der Waals surface area contributed by atoms with Gasteiger partial charge in [-0.05, 0) is 26.2 Å². The Labute approximate surface area is 100 Å². The fraction of sp³-hybridized carbons (Fsp3) is 0.500. The monoisotopic (exact) mass is 230 g/mol. The van der Waals surface area contributed by atoms with Crippen molar-refractivity contribution in [1.29, 1.82) is 5.26 Å². The Morgan fingerprint density at radius 2 is 2.29 bits per heavy atom. The number of hydrogen-bond donors (Lipinski definition) is 0. The molecule has 5 nitrogen and oxygen atoms in total. The lowest BCUT2D eigenvalue weighted by Gasteiger charge is -2.30. The average molecular weight is 230 g/mol. The molecule has 0 bridgehead atoms. The minimum absolute atomic E-state index is 0.191. The fourth-order valence-electron chi connectivity index (χ4n) is 1.96. The number of carbonyl (C=O) groups is 1. The molecule has 0 aromatic carbocycles. The van der Waals surface area contributed by atoms with Crippen LogP contribution in [0.4, 0.5) is 0 Å². The maximum atomic E-state index is 12.2. The lowest BCUT2D eigenvalue weighted by Crippen LogP contribution is -2.43. The summed E-state index contributed by atoms with van der Waals surface area (Å²) in [6.45, 7) is 2.45. The molecule has 5 heteroatoms. The molecule has 0 spiro atoms. The summed E-state index contributed by atoms with van der Waals surface area (Å²) in [7, 11) is 0. The van der Waals surface area contributed by atoms with Gasteiger partial charge in [0.1, 0.15) is 11.7 Å². The van der Waals surface area contributed by atoms with Crippen molar-refractivity contribution >= 4 is 5.91 Å². The van der Waals surface area contributed by atoms with Crippen LogP contribution in [0, 0.1) is 18.3 Å². The van der Waals surface area contributed by atoms with Crippen molar-refractivity contribution in [3.63, 3.8) is 0 Å². The first-order valence-corrected chi connectivity index (χ1v) is 5.71. The second kappa shape index (κ2) is 4.91. The molecule has 1 aliphatic heterocycles. The first-order chi connectivity index (χ1) is 8.22. The fourth-order valence-corrected chi connectivity index (χ4v) is 1.96. The van der Waals surface area contributed by atoms with E-state index in [1.165, 1.54) is 6.20 Å². The average Bonchev–Trinajstić information content (AvgIpc) is 2.39. The van der Waals surface area contributed by atoms with Gasteiger partial charge in [-0.2, -0.15) is 5.26 Å². The number of piperidine rings is 1. The molecule has 1 unspecified atom stereocenters. The molecule has 1 saturated heterocycles. The molecule has 1 aromatic rings. The van der Waals surface area contributed by atoms with Crippen LogP contribution >= 0.6 is 0 Å². The topological polar surface area (TPSA) is 69.9 Å². The molecule has 1 aliphatic rings. The van der Waals surface area contributed by atoms with Crippen LogP contribution in [-0.2, 0) is 0 Å². The first kappa shape index (κ1) is 11.5. The molecule has 17 heavy (non-hydrogen) atoms. The summed E-state index contributed by atoms with van der Waals surface area (Å²) < 4.78 is 0. The van der Waals surface area contributed by atoms with Crippen molar-refractivity contribution in [2.75, 3.05) is 6.54 Å². The van der Waals surface area contributed by atoms with Crippen LogP contribution in [0.15, 0.2) is 12.4 Å². The Hall–Kier alpha value is -1.96. The van der Waals surface area contributed by atoms with Gasteiger partial charge in [0.05, 0.1) is 18.0 Å². The van der Waals surface area contributed by atoms with Crippen LogP contribution in [0.1, 0.15) is 35.4 Å². The van der Waals surface area contributed by atoms with E-state index in [4.69, 9.17) is 5.26 Å². The molecular weight excluding hydrogens is 216 g/mol. The van der Waals surface area contributed by atoms with Crippen molar-refractivity contribution in [2.24, 2.45) is 0 Å². The Morgan fingerprint density at radius 1 is 1.47 bits per heavy atom. The minimum atomic E-state index is -0.320. The summed E-state index contributed by atoms with van der Waals surface area (Å²) in [5.41, 5.74) is 1.09. The SMILES string of the molecule is Cc1cnc(C(=O)N2CCCCC2C#N)cn1. The summed E-state index contributed by atoms with van der Waals surface area (Å²) in [6, 6.07) is 1.85. The van der Waals surface area contributed by atoms with Gasteiger partial charge in [-0.25, -0.2) is 4.98 Å². The molecule has 88 valence electrons. The highest BCUT2D eigenvalue weighted by molar-refractivity contribution is 5.92. The normalized spacial score (nSPS) is 19.8. The number of nitriles is 1. The Bertz CT molecular complexity index is 449. The number of likely N-dealkylation sites (tertiary alicyclic amines) is 1. The summed E-state index contributed by atoms with van der Waals surface area (Å²) in [5, 5.41) is 9.02. The van der Waals surface area contributed by atoms with Crippen LogP contribution in [-0.4, -0.2) is 33.4 Å². The van der Waals surface area contributed by atoms with Gasteiger partial charge in [-0.1, -0.05) is 0 Å². The van der Waals surface area contributed by atoms with Gasteiger partial charge in [0.15, 0.2) is 0 Å². The number of carbonyl (C=O) groups excluding carboxylic acids is 1. The predicted octanol–water partition coefficient (Wildman–Crippen LogP) is 1.30. The van der Waals surface area contributed by atoms with E-state index in [1.54, 1.807) is 11.1 Å². The van der Waals surface area contributed by atoms with Crippen LogP contribution in [0.25, 0.3) is 0 Å². The van der Waals surface area contributed by atoms with Gasteiger partial charge in [0.2, 0.25) is 0 Å². The quantitative estimate of drug-likeness (QED) is 0.729. The zero-order chi connectivity index (χ0) is 12.3. The standard InChI is InChI=1S/C12H14N4O/c1-9-7-15-11(8-14-9)12(17)16-5-3-2-4-10(16)6-13/h7-8,10H,2-5H2,1H3. The van der Waals surface area contributed by atoms with E-state index in [-0.39, 0.29) is 11.9 Å². The third-order valence-corrected chi connectivity index (χ3v) is 2.91. The highest BCUT2D eigenvalue weighted by Gasteiger charge is 2.27. The zero-order valence-corrected chi connectivity index (χ0v) is 9.76. The third kappa shape index (κ3) is 2.41. The van der Waals surface area contributed by atoms with Gasteiger partial charge < -0.3 is 4.90 Å². The molecule has 2 rings (SSSR count). The highest BCUT2D eigenvalue weighted by Crippen LogP contribution is 2.18. The van der Waals surface area contributed by atoms with E-state index in [2.05, 4.69) is 16.0 Å². The van der Waals surface area contributed by atoms with E-state index in [9.17, 15) is 4.79 Å². The molecule has 0 N–H and O–H groups in total. The molecule has 0 aliphatic carbocycles. The molecule has 1 aromatic heterocycles. The van der Waals surface area contributed by atoms with Crippen molar-refractivity contribution in [3.8, 4) is 6.07 Å². The lowest BCUT2D eigenvalue weighted by atomic mass is 10.0. The Balaban J connectivity index is 2.18. The van der Waals surface area contributed by atoms with Gasteiger partial charge >= 0.3 is 0 Å². The van der Waals surface area contributed by atoms with E-state index < -0.39 is 0 Å². The van der Waals surface area contributed by atoms with Gasteiger partial charge in [-0.15, -0.1) is 0 Å². The van der Waals surface area contributed by atoms with Crippen molar-refractivity contribution < 1.29 is 4.79 Å². The molecule has 2 heterocycles. The minimum Gasteiger partial charge on any atom is -0.321 e. The molecule has 0 saturated carbocycles. The second-order valence-electron chi connectivity index (χ2n) is 4.18. The van der Waals surface area contributed by atoms with Crippen molar-refractivity contribution in [1.82, 2.24) is 14.9 Å². The van der Waals surface area contributed by atoms with Crippen LogP contribution in [0.5, 0.6) is 0 Å². The maximum absolute atomic E-state index is 12.2. The Kier molecular flexibility index (Phi) is 3.33. The number of nitrogens with zero attached hydrogens (tertiary/aromatic N) is 4. The summed E-state index contributed by atoms with van der Waals surface area (Å²) >= 11 is 0.